The average molecular weight is 185 g/mol. The highest BCUT2D eigenvalue weighted by Gasteiger charge is 2.48. The molecular weight excluding hydrogens is 172 g/mol. The van der Waals surface area contributed by atoms with Crippen LogP contribution in [0.1, 0.15) is 37.7 Å². The first-order valence-electron chi connectivity index (χ1n) is 4.23. The summed E-state index contributed by atoms with van der Waals surface area (Å²) in [6, 6.07) is 0. The topological polar surface area (TPSA) is 28.7 Å². The Labute approximate surface area is 77.3 Å². The quantitative estimate of drug-likeness (QED) is 0.704. The van der Waals surface area contributed by atoms with E-state index in [1.165, 1.54) is 6.42 Å². The van der Waals surface area contributed by atoms with Crippen LogP contribution in [0.4, 0.5) is 0 Å². The zero-order valence-corrected chi connectivity index (χ0v) is 8.15. The fourth-order valence-electron chi connectivity index (χ4n) is 1.56. The number of nitrogens with zero attached hydrogens (tertiary/aromatic N) is 1. The third-order valence-electron chi connectivity index (χ3n) is 2.64. The summed E-state index contributed by atoms with van der Waals surface area (Å²) in [7, 11) is 0. The normalized spacial score (nSPS) is 25.8. The van der Waals surface area contributed by atoms with Gasteiger partial charge in [0.25, 0.3) is 0 Å². The van der Waals surface area contributed by atoms with Crippen molar-refractivity contribution in [3.05, 3.63) is 17.7 Å². The smallest absolute Gasteiger partial charge is 0.109 e. The Morgan fingerprint density at radius 2 is 2.42 bits per heavy atom. The van der Waals surface area contributed by atoms with Gasteiger partial charge in [0.2, 0.25) is 0 Å². The molecule has 1 aliphatic carbocycles. The van der Waals surface area contributed by atoms with Gasteiger partial charge in [-0.2, -0.15) is 0 Å². The number of hydrogen-bond donors (Lipinski definition) is 1. The first-order valence-corrected chi connectivity index (χ1v) is 4.76. The maximum absolute atomic E-state index is 5.67. The number of halogens is 1. The first-order chi connectivity index (χ1) is 5.63. The minimum absolute atomic E-state index is 0.446. The predicted molar refractivity (Wildman–Crippen MR) is 49.3 cm³/mol. The average Bonchev–Trinajstić information content (AvgIpc) is 2.52. The highest BCUT2D eigenvalue weighted by atomic mass is 35.5. The van der Waals surface area contributed by atoms with E-state index in [9.17, 15) is 0 Å². The van der Waals surface area contributed by atoms with Crippen molar-refractivity contribution in [2.24, 2.45) is 5.41 Å². The zero-order chi connectivity index (χ0) is 8.77. The summed E-state index contributed by atoms with van der Waals surface area (Å²) < 4.78 is 0. The second-order valence-corrected chi connectivity index (χ2v) is 4.44. The molecule has 0 radical (unpaired) electrons. The lowest BCUT2D eigenvalue weighted by atomic mass is 10.1. The van der Waals surface area contributed by atoms with Gasteiger partial charge in [0, 0.05) is 17.8 Å². The molecule has 0 spiro atoms. The van der Waals surface area contributed by atoms with Crippen LogP contribution in [0.2, 0.25) is 0 Å². The molecule has 0 amide bonds. The van der Waals surface area contributed by atoms with Crippen LogP contribution < -0.4 is 0 Å². The van der Waals surface area contributed by atoms with Crippen LogP contribution in [-0.4, -0.2) is 9.97 Å². The summed E-state index contributed by atoms with van der Waals surface area (Å²) in [5.74, 6) is 2.25. The Balaban J connectivity index is 2.15. The summed E-state index contributed by atoms with van der Waals surface area (Å²) in [6.07, 6.45) is 3.07. The van der Waals surface area contributed by atoms with Gasteiger partial charge >= 0.3 is 0 Å². The SMILES string of the molecule is CC1(C)CC1c1ncc(CCl)[nH]1. The van der Waals surface area contributed by atoms with E-state index in [1.807, 2.05) is 6.20 Å². The third kappa shape index (κ3) is 1.24. The van der Waals surface area contributed by atoms with Crippen molar-refractivity contribution in [3.8, 4) is 0 Å². The van der Waals surface area contributed by atoms with Gasteiger partial charge in [-0.05, 0) is 11.8 Å². The molecule has 0 aromatic carbocycles. The Hall–Kier alpha value is -0.500. The Morgan fingerprint density at radius 3 is 2.83 bits per heavy atom. The fraction of sp³-hybridized carbons (Fsp3) is 0.667. The van der Waals surface area contributed by atoms with Gasteiger partial charge in [0.05, 0.1) is 5.88 Å². The second-order valence-electron chi connectivity index (χ2n) is 4.17. The molecule has 66 valence electrons. The predicted octanol–water partition coefficient (Wildman–Crippen LogP) is 2.66. The number of rotatable bonds is 2. The maximum Gasteiger partial charge on any atom is 0.109 e. The molecule has 3 heteroatoms. The molecule has 1 saturated carbocycles. The Morgan fingerprint density at radius 1 is 1.75 bits per heavy atom. The van der Waals surface area contributed by atoms with Crippen molar-refractivity contribution in [3.63, 3.8) is 0 Å². The minimum Gasteiger partial charge on any atom is -0.345 e. The van der Waals surface area contributed by atoms with E-state index in [0.29, 0.717) is 17.2 Å². The van der Waals surface area contributed by atoms with Gasteiger partial charge in [0.15, 0.2) is 0 Å². The van der Waals surface area contributed by atoms with Crippen LogP contribution in [0.25, 0.3) is 0 Å². The molecule has 2 rings (SSSR count). The summed E-state index contributed by atoms with van der Waals surface area (Å²) in [6.45, 7) is 4.53. The van der Waals surface area contributed by atoms with Crippen LogP contribution in [0.3, 0.4) is 0 Å². The number of aromatic nitrogens is 2. The lowest BCUT2D eigenvalue weighted by Gasteiger charge is -1.98. The number of H-pyrrole nitrogens is 1. The van der Waals surface area contributed by atoms with Crippen molar-refractivity contribution < 1.29 is 0 Å². The van der Waals surface area contributed by atoms with Crippen LogP contribution >= 0.6 is 11.6 Å². The van der Waals surface area contributed by atoms with Crippen LogP contribution in [-0.2, 0) is 5.88 Å². The van der Waals surface area contributed by atoms with Gasteiger partial charge in [-0.25, -0.2) is 4.98 Å². The van der Waals surface area contributed by atoms with Crippen molar-refractivity contribution in [1.29, 1.82) is 0 Å². The summed E-state index contributed by atoms with van der Waals surface area (Å²) in [4.78, 5) is 7.54. The van der Waals surface area contributed by atoms with Gasteiger partial charge in [-0.3, -0.25) is 0 Å². The van der Waals surface area contributed by atoms with E-state index in [0.717, 1.165) is 11.5 Å². The molecule has 1 atom stereocenters. The summed E-state index contributed by atoms with van der Waals surface area (Å²) in [5.41, 5.74) is 1.47. The van der Waals surface area contributed by atoms with E-state index < -0.39 is 0 Å². The van der Waals surface area contributed by atoms with E-state index in [-0.39, 0.29) is 0 Å². The second kappa shape index (κ2) is 2.49. The molecule has 12 heavy (non-hydrogen) atoms. The lowest BCUT2D eigenvalue weighted by Crippen LogP contribution is -1.91. The summed E-state index contributed by atoms with van der Waals surface area (Å²) in [5, 5.41) is 0. The highest BCUT2D eigenvalue weighted by Crippen LogP contribution is 2.57. The Bertz CT molecular complexity index is 290. The Kier molecular flexibility index (Phi) is 1.69. The number of aromatic amines is 1. The van der Waals surface area contributed by atoms with Crippen molar-refractivity contribution in [2.45, 2.75) is 32.1 Å². The highest BCUT2D eigenvalue weighted by molar-refractivity contribution is 6.16. The fourth-order valence-corrected chi connectivity index (χ4v) is 1.69. The third-order valence-corrected chi connectivity index (χ3v) is 2.92. The van der Waals surface area contributed by atoms with Gasteiger partial charge in [-0.1, -0.05) is 13.8 Å². The standard InChI is InChI=1S/C9H13ClN2/c1-9(2)3-7(9)8-11-5-6(4-10)12-8/h5,7H,3-4H2,1-2H3,(H,11,12). The zero-order valence-electron chi connectivity index (χ0n) is 7.39. The van der Waals surface area contributed by atoms with E-state index in [2.05, 4.69) is 23.8 Å². The molecule has 0 bridgehead atoms. The first kappa shape index (κ1) is 8.11. The van der Waals surface area contributed by atoms with Crippen LogP contribution in [0.5, 0.6) is 0 Å². The molecule has 1 aromatic rings. The van der Waals surface area contributed by atoms with Crippen molar-refractivity contribution >= 4 is 11.6 Å². The van der Waals surface area contributed by atoms with Gasteiger partial charge in [0.1, 0.15) is 5.82 Å². The molecule has 1 N–H and O–H groups in total. The molecule has 0 saturated heterocycles. The van der Waals surface area contributed by atoms with Crippen molar-refractivity contribution in [2.75, 3.05) is 0 Å². The molecule has 1 aromatic heterocycles. The minimum atomic E-state index is 0.446. The molecule has 1 unspecified atom stereocenters. The van der Waals surface area contributed by atoms with Crippen LogP contribution in [0.15, 0.2) is 6.20 Å². The van der Waals surface area contributed by atoms with E-state index in [4.69, 9.17) is 11.6 Å². The molecule has 0 aliphatic heterocycles. The van der Waals surface area contributed by atoms with E-state index >= 15 is 0 Å². The van der Waals surface area contributed by atoms with Gasteiger partial charge < -0.3 is 4.98 Å². The van der Waals surface area contributed by atoms with E-state index in [1.54, 1.807) is 0 Å². The number of alkyl halides is 1. The van der Waals surface area contributed by atoms with Crippen molar-refractivity contribution in [1.82, 2.24) is 9.97 Å². The monoisotopic (exact) mass is 184 g/mol. The maximum atomic E-state index is 5.67. The number of hydrogen-bond acceptors (Lipinski definition) is 1. The largest absolute Gasteiger partial charge is 0.345 e. The molecule has 1 aliphatic rings. The molecule has 2 nitrogen and oxygen atoms in total. The number of nitrogens with one attached hydrogen (secondary N) is 1. The molecular formula is C9H13ClN2. The molecule has 1 fully saturated rings. The molecule has 1 heterocycles. The lowest BCUT2D eigenvalue weighted by molar-refractivity contribution is 0.610. The van der Waals surface area contributed by atoms with Gasteiger partial charge in [-0.15, -0.1) is 11.6 Å². The summed E-state index contributed by atoms with van der Waals surface area (Å²) >= 11 is 5.67. The number of imidazole rings is 1. The van der Waals surface area contributed by atoms with Crippen LogP contribution in [0, 0.1) is 5.41 Å².